The molecule has 3 heterocycles. The van der Waals surface area contributed by atoms with Gasteiger partial charge < -0.3 is 9.47 Å². The number of hydrogen-bond donors (Lipinski definition) is 0. The topological polar surface area (TPSA) is 61.3 Å². The summed E-state index contributed by atoms with van der Waals surface area (Å²) in [6.07, 6.45) is 0. The molecule has 0 bridgehead atoms. The van der Waals surface area contributed by atoms with E-state index in [1.807, 2.05) is 72.8 Å². The van der Waals surface area contributed by atoms with Gasteiger partial charge in [0.2, 0.25) is 0 Å². The third-order valence-corrected chi connectivity index (χ3v) is 9.08. The van der Waals surface area contributed by atoms with Crippen molar-refractivity contribution in [1.29, 1.82) is 0 Å². The van der Waals surface area contributed by atoms with Gasteiger partial charge >= 0.3 is 0 Å². The van der Waals surface area contributed by atoms with Crippen LogP contribution in [0.4, 0.5) is 0 Å². The Bertz CT molecular complexity index is 2050. The second-order valence-corrected chi connectivity index (χ2v) is 12.3. The van der Waals surface area contributed by atoms with Gasteiger partial charge in [-0.3, -0.25) is 4.79 Å². The Hall–Kier alpha value is -4.29. The van der Waals surface area contributed by atoms with Gasteiger partial charge in [-0.25, -0.2) is 9.97 Å². The molecule has 0 aliphatic carbocycles. The lowest BCUT2D eigenvalue weighted by Gasteiger charge is -2.48. The molecule has 2 aliphatic heterocycles. The molecule has 0 spiro atoms. The second-order valence-electron chi connectivity index (χ2n) is 11.4. The highest BCUT2D eigenvalue weighted by Crippen LogP contribution is 2.56. The normalized spacial score (nSPS) is 18.7. The predicted octanol–water partition coefficient (Wildman–Crippen LogP) is 8.24. The lowest BCUT2D eigenvalue weighted by Crippen LogP contribution is -2.49. The molecule has 0 saturated heterocycles. The molecule has 0 amide bonds. The average molecular weight is 602 g/mol. The van der Waals surface area contributed by atoms with Crippen molar-refractivity contribution >= 4 is 54.6 Å². The van der Waals surface area contributed by atoms with E-state index in [0.717, 1.165) is 54.4 Å². The van der Waals surface area contributed by atoms with Crippen LogP contribution in [0.3, 0.4) is 0 Å². The average Bonchev–Trinajstić information content (AvgIpc) is 2.99. The van der Waals surface area contributed by atoms with Crippen molar-refractivity contribution in [3.8, 4) is 11.5 Å². The lowest BCUT2D eigenvalue weighted by atomic mass is 9.69. The Kier molecular flexibility index (Phi) is 5.29. The Morgan fingerprint density at radius 3 is 2.41 bits per heavy atom. The number of benzene rings is 5. The molecule has 2 atom stereocenters. The molecule has 6 heteroatoms. The molecule has 41 heavy (non-hydrogen) atoms. The Morgan fingerprint density at radius 1 is 0.829 bits per heavy atom. The predicted molar refractivity (Wildman–Crippen MR) is 164 cm³/mol. The van der Waals surface area contributed by atoms with Gasteiger partial charge in [-0.15, -0.1) is 0 Å². The summed E-state index contributed by atoms with van der Waals surface area (Å²) in [4.78, 5) is 23.7. The second kappa shape index (κ2) is 8.85. The molecule has 0 N–H and O–H groups in total. The molecule has 2 aliphatic rings. The first-order valence-electron chi connectivity index (χ1n) is 13.8. The number of hydrogen-bond acceptors (Lipinski definition) is 5. The maximum absolute atomic E-state index is 13.2. The van der Waals surface area contributed by atoms with E-state index in [9.17, 15) is 4.79 Å². The van der Waals surface area contributed by atoms with Gasteiger partial charge in [0, 0.05) is 49.3 Å². The van der Waals surface area contributed by atoms with Crippen molar-refractivity contribution in [3.05, 3.63) is 118 Å². The fourth-order valence-electron chi connectivity index (χ4n) is 6.55. The summed E-state index contributed by atoms with van der Waals surface area (Å²) in [5, 5.41) is 1.99. The van der Waals surface area contributed by atoms with E-state index in [-0.39, 0.29) is 17.6 Å². The highest BCUT2D eigenvalue weighted by Gasteiger charge is 2.49. The Morgan fingerprint density at radius 2 is 1.59 bits per heavy atom. The smallest absolute Gasteiger partial charge is 0.193 e. The molecule has 6 aromatic rings. The minimum absolute atomic E-state index is 0.00721. The van der Waals surface area contributed by atoms with E-state index >= 15 is 0 Å². The third kappa shape index (κ3) is 3.70. The molecule has 8 rings (SSSR count). The first kappa shape index (κ1) is 24.5. The van der Waals surface area contributed by atoms with E-state index in [4.69, 9.17) is 19.4 Å². The van der Waals surface area contributed by atoms with Crippen molar-refractivity contribution in [2.24, 2.45) is 5.92 Å². The summed E-state index contributed by atoms with van der Waals surface area (Å²) in [5.41, 5.74) is 6.00. The molecule has 200 valence electrons. The Labute approximate surface area is 245 Å². The molecule has 0 saturated carbocycles. The van der Waals surface area contributed by atoms with Crippen LogP contribution in [0.1, 0.15) is 46.8 Å². The summed E-state index contributed by atoms with van der Waals surface area (Å²) < 4.78 is 14.1. The standard InChI is InChI=1S/C35H25BrN2O3/c1-35(2)25-18-40-28-15-13-21(36)17-24(28)29(25)30-32-31(22-10-6-7-11-23(22)34(30)41-35)38-27-16-20(12-14-26(27)37-32)33(39)19-8-4-3-5-9-19/h3-17,25,29H,18H2,1-2H3. The highest BCUT2D eigenvalue weighted by atomic mass is 79.9. The van der Waals surface area contributed by atoms with Gasteiger partial charge in [-0.1, -0.05) is 70.5 Å². The van der Waals surface area contributed by atoms with Gasteiger partial charge in [0.25, 0.3) is 0 Å². The van der Waals surface area contributed by atoms with Gasteiger partial charge in [-0.2, -0.15) is 0 Å². The van der Waals surface area contributed by atoms with Crippen LogP contribution in [0.5, 0.6) is 11.5 Å². The van der Waals surface area contributed by atoms with Crippen LogP contribution in [-0.2, 0) is 0 Å². The number of ketones is 1. The number of fused-ring (bicyclic) bond motifs is 11. The van der Waals surface area contributed by atoms with E-state index < -0.39 is 5.60 Å². The minimum Gasteiger partial charge on any atom is -0.493 e. The van der Waals surface area contributed by atoms with Gasteiger partial charge in [0.15, 0.2) is 5.78 Å². The van der Waals surface area contributed by atoms with E-state index in [2.05, 4.69) is 48.0 Å². The largest absolute Gasteiger partial charge is 0.493 e. The quantitative estimate of drug-likeness (QED) is 0.114. The summed E-state index contributed by atoms with van der Waals surface area (Å²) in [6, 6.07) is 29.4. The number of halogens is 1. The van der Waals surface area contributed by atoms with E-state index in [1.54, 1.807) is 0 Å². The van der Waals surface area contributed by atoms with Crippen LogP contribution in [0.2, 0.25) is 0 Å². The molecule has 1 aromatic heterocycles. The third-order valence-electron chi connectivity index (χ3n) is 8.59. The van der Waals surface area contributed by atoms with E-state index in [0.29, 0.717) is 23.3 Å². The van der Waals surface area contributed by atoms with Crippen molar-refractivity contribution in [3.63, 3.8) is 0 Å². The number of ether oxygens (including phenoxy) is 2. The van der Waals surface area contributed by atoms with Gasteiger partial charge in [0.05, 0.1) is 28.7 Å². The molecule has 5 nitrogen and oxygen atoms in total. The van der Waals surface area contributed by atoms with Crippen LogP contribution in [0.25, 0.3) is 32.8 Å². The van der Waals surface area contributed by atoms with Crippen LogP contribution in [0.15, 0.2) is 95.5 Å². The lowest BCUT2D eigenvalue weighted by molar-refractivity contribution is -0.0118. The maximum Gasteiger partial charge on any atom is 0.193 e. The van der Waals surface area contributed by atoms with Crippen molar-refractivity contribution in [2.45, 2.75) is 25.4 Å². The van der Waals surface area contributed by atoms with Crippen LogP contribution in [0, 0.1) is 5.92 Å². The van der Waals surface area contributed by atoms with Gasteiger partial charge in [0.1, 0.15) is 17.1 Å². The first-order chi connectivity index (χ1) is 19.9. The van der Waals surface area contributed by atoms with Crippen molar-refractivity contribution in [1.82, 2.24) is 9.97 Å². The number of nitrogens with zero attached hydrogens (tertiary/aromatic N) is 2. The zero-order chi connectivity index (χ0) is 27.9. The molecular weight excluding hydrogens is 576 g/mol. The van der Waals surface area contributed by atoms with E-state index in [1.165, 1.54) is 0 Å². The van der Waals surface area contributed by atoms with Gasteiger partial charge in [-0.05, 0) is 50.2 Å². The van der Waals surface area contributed by atoms with Crippen LogP contribution < -0.4 is 9.47 Å². The number of rotatable bonds is 2. The van der Waals surface area contributed by atoms with Crippen molar-refractivity contribution in [2.75, 3.05) is 6.61 Å². The number of carbonyl (C=O) groups is 1. The minimum atomic E-state index is -0.467. The molecule has 0 radical (unpaired) electrons. The molecule has 2 unspecified atom stereocenters. The molecular formula is C35H25BrN2O3. The molecule has 5 aromatic carbocycles. The first-order valence-corrected chi connectivity index (χ1v) is 14.6. The Balaban J connectivity index is 1.43. The molecule has 0 fully saturated rings. The summed E-state index contributed by atoms with van der Waals surface area (Å²) in [5.74, 6) is 1.79. The summed E-state index contributed by atoms with van der Waals surface area (Å²) >= 11 is 3.69. The zero-order valence-electron chi connectivity index (χ0n) is 22.5. The monoisotopic (exact) mass is 600 g/mol. The zero-order valence-corrected chi connectivity index (χ0v) is 24.1. The fraction of sp³-hybridized carbons (Fsp3) is 0.171. The summed E-state index contributed by atoms with van der Waals surface area (Å²) in [7, 11) is 0. The number of carbonyl (C=O) groups excluding carboxylic acids is 1. The van der Waals surface area contributed by atoms with Crippen LogP contribution in [-0.4, -0.2) is 28.0 Å². The number of aromatic nitrogens is 2. The highest BCUT2D eigenvalue weighted by molar-refractivity contribution is 9.10. The fourth-order valence-corrected chi connectivity index (χ4v) is 6.93. The summed E-state index contributed by atoms with van der Waals surface area (Å²) in [6.45, 7) is 4.85. The van der Waals surface area contributed by atoms with Crippen molar-refractivity contribution < 1.29 is 14.3 Å². The van der Waals surface area contributed by atoms with Crippen LogP contribution >= 0.6 is 15.9 Å². The maximum atomic E-state index is 13.2. The SMILES string of the molecule is CC1(C)Oc2c(c3nc4ccc(C(=O)c5ccccc5)cc4nc3c3ccccc23)C2c3cc(Br)ccc3OCC21.